The van der Waals surface area contributed by atoms with Crippen LogP contribution >= 0.6 is 0 Å². The summed E-state index contributed by atoms with van der Waals surface area (Å²) in [6.07, 6.45) is -7.20. The highest BCUT2D eigenvalue weighted by Crippen LogP contribution is 2.35. The summed E-state index contributed by atoms with van der Waals surface area (Å²) in [5.74, 6) is 0. The molecule has 2 nitrogen and oxygen atoms in total. The minimum Gasteiger partial charge on any atom is -0.253 e. The van der Waals surface area contributed by atoms with E-state index >= 15 is 0 Å². The average molecular weight is 496 g/mol. The summed E-state index contributed by atoms with van der Waals surface area (Å²) in [4.78, 5) is 0. The minimum atomic E-state index is -4.44. The van der Waals surface area contributed by atoms with Crippen LogP contribution in [0, 0.1) is 0 Å². The quantitative estimate of drug-likeness (QED) is 0.229. The highest BCUT2D eigenvalue weighted by molar-refractivity contribution is 5.85. The first kappa shape index (κ1) is 23.7. The third-order valence-corrected chi connectivity index (χ3v) is 6.05. The molecular weight excluding hydrogens is 478 g/mol. The molecule has 8 heteroatoms. The van der Waals surface area contributed by atoms with Crippen molar-refractivity contribution < 1.29 is 26.3 Å². The van der Waals surface area contributed by atoms with Crippen molar-refractivity contribution in [2.45, 2.75) is 18.4 Å². The molecule has 0 radical (unpaired) electrons. The molecular formula is C28H18F6N2. The van der Waals surface area contributed by atoms with Gasteiger partial charge in [-0.15, -0.1) is 0 Å². The molecule has 4 aromatic carbocycles. The second-order valence-electron chi connectivity index (χ2n) is 8.37. The van der Waals surface area contributed by atoms with Crippen LogP contribution in [0.2, 0.25) is 0 Å². The first-order valence-corrected chi connectivity index (χ1v) is 11.0. The number of benzene rings is 4. The maximum absolute atomic E-state index is 13.1. The fourth-order valence-electron chi connectivity index (χ4n) is 4.25. The second kappa shape index (κ2) is 8.86. The molecule has 0 saturated carbocycles. The summed E-state index contributed by atoms with van der Waals surface area (Å²) >= 11 is 0. The first-order valence-electron chi connectivity index (χ1n) is 11.0. The Balaban J connectivity index is 1.56. The molecule has 0 aliphatic rings. The minimum absolute atomic E-state index is 0.483. The Morgan fingerprint density at radius 1 is 0.583 bits per heavy atom. The fraction of sp³-hybridized carbons (Fsp3) is 0.107. The van der Waals surface area contributed by atoms with Crippen LogP contribution in [0.15, 0.2) is 103 Å². The average Bonchev–Trinajstić information content (AvgIpc) is 3.27. The Morgan fingerprint density at radius 2 is 1.11 bits per heavy atom. The maximum atomic E-state index is 13.1. The zero-order valence-corrected chi connectivity index (χ0v) is 18.6. The number of rotatable bonds is 4. The van der Waals surface area contributed by atoms with Gasteiger partial charge in [-0.25, -0.2) is 0 Å². The lowest BCUT2D eigenvalue weighted by molar-refractivity contribution is -0.138. The Morgan fingerprint density at radius 3 is 1.69 bits per heavy atom. The van der Waals surface area contributed by atoms with Crippen LogP contribution < -0.4 is 0 Å². The smallest absolute Gasteiger partial charge is 0.253 e. The van der Waals surface area contributed by atoms with Crippen molar-refractivity contribution in [2.24, 2.45) is 0 Å². The highest BCUT2D eigenvalue weighted by atomic mass is 19.4. The van der Waals surface area contributed by atoms with Gasteiger partial charge >= 0.3 is 12.4 Å². The molecule has 1 atom stereocenters. The molecule has 36 heavy (non-hydrogen) atoms. The van der Waals surface area contributed by atoms with E-state index in [1.165, 1.54) is 24.3 Å². The standard InChI is InChI=1S/C28H18F6N2/c29-27(30,31)23-11-6-18(7-12-23)21-10-15-25-22(16-21)17-35-36(25)26(19-4-2-1-3-5-19)20-8-13-24(14-9-20)28(32,33)34/h1-17,26H. The molecule has 182 valence electrons. The summed E-state index contributed by atoms with van der Waals surface area (Å²) < 4.78 is 79.8. The molecule has 0 bridgehead atoms. The largest absolute Gasteiger partial charge is 0.416 e. The molecule has 0 aliphatic heterocycles. The van der Waals surface area contributed by atoms with Crippen LogP contribution in [0.4, 0.5) is 26.3 Å². The van der Waals surface area contributed by atoms with Gasteiger partial charge in [0.2, 0.25) is 0 Å². The Labute approximate surface area is 202 Å². The lowest BCUT2D eigenvalue weighted by Gasteiger charge is -2.21. The molecule has 0 amide bonds. The lowest BCUT2D eigenvalue weighted by Crippen LogP contribution is -2.14. The van der Waals surface area contributed by atoms with Gasteiger partial charge in [0, 0.05) is 5.39 Å². The van der Waals surface area contributed by atoms with Crippen LogP contribution in [-0.4, -0.2) is 9.78 Å². The molecule has 5 aromatic rings. The van der Waals surface area contributed by atoms with E-state index in [0.29, 0.717) is 11.1 Å². The van der Waals surface area contributed by atoms with Crippen molar-refractivity contribution in [1.82, 2.24) is 9.78 Å². The van der Waals surface area contributed by atoms with Gasteiger partial charge in [-0.3, -0.25) is 4.68 Å². The van der Waals surface area contributed by atoms with Gasteiger partial charge in [-0.2, -0.15) is 31.4 Å². The molecule has 1 heterocycles. The SMILES string of the molecule is FC(F)(F)c1ccc(-c2ccc3c(cnn3C(c3ccccc3)c3ccc(C(F)(F)F)cc3)c2)cc1. The van der Waals surface area contributed by atoms with E-state index in [4.69, 9.17) is 0 Å². The summed E-state index contributed by atoms with van der Waals surface area (Å²) in [6, 6.07) is 24.2. The predicted molar refractivity (Wildman–Crippen MR) is 125 cm³/mol. The molecule has 0 saturated heterocycles. The highest BCUT2D eigenvalue weighted by Gasteiger charge is 2.31. The van der Waals surface area contributed by atoms with Crippen molar-refractivity contribution in [3.05, 3.63) is 126 Å². The maximum Gasteiger partial charge on any atom is 0.416 e. The molecule has 0 spiro atoms. The molecule has 5 rings (SSSR count). The molecule has 0 aliphatic carbocycles. The van der Waals surface area contributed by atoms with E-state index < -0.39 is 29.5 Å². The second-order valence-corrected chi connectivity index (χ2v) is 8.37. The Hall–Kier alpha value is -4.07. The molecule has 0 fully saturated rings. The normalized spacial score (nSPS) is 13.2. The zero-order chi connectivity index (χ0) is 25.5. The number of hydrogen-bond donors (Lipinski definition) is 0. The lowest BCUT2D eigenvalue weighted by atomic mass is 9.97. The number of aromatic nitrogens is 2. The van der Waals surface area contributed by atoms with Gasteiger partial charge in [0.25, 0.3) is 0 Å². The number of halogens is 6. The Kier molecular flexibility index (Phi) is 5.82. The van der Waals surface area contributed by atoms with Crippen molar-refractivity contribution in [2.75, 3.05) is 0 Å². The number of hydrogen-bond acceptors (Lipinski definition) is 1. The van der Waals surface area contributed by atoms with Crippen LogP contribution in [0.5, 0.6) is 0 Å². The fourth-order valence-corrected chi connectivity index (χ4v) is 4.25. The van der Waals surface area contributed by atoms with Gasteiger partial charge in [-0.05, 0) is 58.7 Å². The van der Waals surface area contributed by atoms with Gasteiger partial charge in [0.15, 0.2) is 0 Å². The van der Waals surface area contributed by atoms with Crippen molar-refractivity contribution in [1.29, 1.82) is 0 Å². The Bertz CT molecular complexity index is 1480. The monoisotopic (exact) mass is 496 g/mol. The van der Waals surface area contributed by atoms with Crippen LogP contribution in [0.1, 0.15) is 28.3 Å². The summed E-state index contributed by atoms with van der Waals surface area (Å²) in [5, 5.41) is 5.30. The van der Waals surface area contributed by atoms with Gasteiger partial charge in [-0.1, -0.05) is 60.7 Å². The summed E-state index contributed by atoms with van der Waals surface area (Å²) in [7, 11) is 0. The summed E-state index contributed by atoms with van der Waals surface area (Å²) in [6.45, 7) is 0. The van der Waals surface area contributed by atoms with E-state index in [0.717, 1.165) is 46.3 Å². The van der Waals surface area contributed by atoms with Crippen LogP contribution in [0.3, 0.4) is 0 Å². The van der Waals surface area contributed by atoms with Crippen molar-refractivity contribution in [3.63, 3.8) is 0 Å². The van der Waals surface area contributed by atoms with Gasteiger partial charge < -0.3 is 0 Å². The zero-order valence-electron chi connectivity index (χ0n) is 18.6. The van der Waals surface area contributed by atoms with Crippen molar-refractivity contribution >= 4 is 10.9 Å². The molecule has 0 N–H and O–H groups in total. The summed E-state index contributed by atoms with van der Waals surface area (Å²) in [5.41, 5.74) is 2.10. The molecule has 1 aromatic heterocycles. The molecule has 1 unspecified atom stereocenters. The third-order valence-electron chi connectivity index (χ3n) is 6.05. The van der Waals surface area contributed by atoms with E-state index in [-0.39, 0.29) is 0 Å². The van der Waals surface area contributed by atoms with E-state index in [2.05, 4.69) is 5.10 Å². The number of alkyl halides is 6. The number of fused-ring (bicyclic) bond motifs is 1. The van der Waals surface area contributed by atoms with Gasteiger partial charge in [0.05, 0.1) is 22.8 Å². The van der Waals surface area contributed by atoms with Crippen molar-refractivity contribution in [3.8, 4) is 11.1 Å². The van der Waals surface area contributed by atoms with Crippen LogP contribution in [-0.2, 0) is 12.4 Å². The predicted octanol–water partition coefficient (Wildman–Crippen LogP) is 8.38. The topological polar surface area (TPSA) is 17.8 Å². The number of nitrogens with zero attached hydrogens (tertiary/aromatic N) is 2. The first-order chi connectivity index (χ1) is 17.1. The van der Waals surface area contributed by atoms with Crippen LogP contribution in [0.25, 0.3) is 22.0 Å². The van der Waals surface area contributed by atoms with E-state index in [9.17, 15) is 26.3 Å². The third kappa shape index (κ3) is 4.58. The van der Waals surface area contributed by atoms with Gasteiger partial charge in [0.1, 0.15) is 6.04 Å². The van der Waals surface area contributed by atoms with E-state index in [1.807, 2.05) is 42.5 Å². The van der Waals surface area contributed by atoms with E-state index in [1.54, 1.807) is 16.9 Å².